The highest BCUT2D eigenvalue weighted by molar-refractivity contribution is 5.43. The van der Waals surface area contributed by atoms with Crippen LogP contribution in [0.15, 0.2) is 12.1 Å². The van der Waals surface area contributed by atoms with Gasteiger partial charge in [-0.1, -0.05) is 18.9 Å². The molecule has 0 radical (unpaired) electrons. The highest BCUT2D eigenvalue weighted by atomic mass is 19.1. The molecule has 2 rings (SSSR count). The average molecular weight is 223 g/mol. The molecule has 0 heterocycles. The van der Waals surface area contributed by atoms with E-state index in [0.717, 1.165) is 25.7 Å². The summed E-state index contributed by atoms with van der Waals surface area (Å²) in [6.45, 7) is 1.76. The molecule has 1 fully saturated rings. The van der Waals surface area contributed by atoms with Crippen LogP contribution in [0.25, 0.3) is 0 Å². The number of methoxy groups -OCH3 is 1. The van der Waals surface area contributed by atoms with Crippen LogP contribution in [0.3, 0.4) is 0 Å². The van der Waals surface area contributed by atoms with E-state index in [0.29, 0.717) is 16.9 Å². The van der Waals surface area contributed by atoms with Gasteiger partial charge in [-0.05, 0) is 31.4 Å². The molecule has 0 unspecified atom stereocenters. The SMILES string of the molecule is COc1ccc(C)c(F)c1C1(N)CCCC1. The lowest BCUT2D eigenvalue weighted by Gasteiger charge is -2.27. The molecule has 0 aromatic heterocycles. The van der Waals surface area contributed by atoms with Crippen LogP contribution in [0.5, 0.6) is 5.75 Å². The third-order valence-corrected chi connectivity index (χ3v) is 3.51. The van der Waals surface area contributed by atoms with Crippen molar-refractivity contribution in [2.45, 2.75) is 38.1 Å². The maximum absolute atomic E-state index is 14.2. The van der Waals surface area contributed by atoms with Crippen LogP contribution in [0.2, 0.25) is 0 Å². The van der Waals surface area contributed by atoms with Gasteiger partial charge in [-0.3, -0.25) is 0 Å². The van der Waals surface area contributed by atoms with Crippen molar-refractivity contribution in [3.8, 4) is 5.75 Å². The van der Waals surface area contributed by atoms with Crippen molar-refractivity contribution in [1.29, 1.82) is 0 Å². The topological polar surface area (TPSA) is 35.2 Å². The Labute approximate surface area is 95.6 Å². The molecule has 1 aliphatic carbocycles. The van der Waals surface area contributed by atoms with Gasteiger partial charge >= 0.3 is 0 Å². The molecule has 2 N–H and O–H groups in total. The third-order valence-electron chi connectivity index (χ3n) is 3.51. The van der Waals surface area contributed by atoms with Crippen molar-refractivity contribution < 1.29 is 9.13 Å². The third kappa shape index (κ3) is 1.69. The quantitative estimate of drug-likeness (QED) is 0.836. The molecule has 1 aliphatic rings. The van der Waals surface area contributed by atoms with Crippen LogP contribution in [0.4, 0.5) is 4.39 Å². The minimum Gasteiger partial charge on any atom is -0.496 e. The second-order valence-electron chi connectivity index (χ2n) is 4.64. The Kier molecular flexibility index (Phi) is 2.89. The number of halogens is 1. The lowest BCUT2D eigenvalue weighted by atomic mass is 9.87. The molecule has 88 valence electrons. The fourth-order valence-electron chi connectivity index (χ4n) is 2.55. The van der Waals surface area contributed by atoms with E-state index in [4.69, 9.17) is 10.5 Å². The van der Waals surface area contributed by atoms with E-state index in [1.165, 1.54) is 0 Å². The van der Waals surface area contributed by atoms with Gasteiger partial charge in [0.25, 0.3) is 0 Å². The van der Waals surface area contributed by atoms with E-state index in [1.54, 1.807) is 26.2 Å². The van der Waals surface area contributed by atoms with Crippen molar-refractivity contribution in [2.75, 3.05) is 7.11 Å². The van der Waals surface area contributed by atoms with Gasteiger partial charge in [0.1, 0.15) is 11.6 Å². The van der Waals surface area contributed by atoms with Crippen LogP contribution in [-0.4, -0.2) is 7.11 Å². The molecule has 0 amide bonds. The van der Waals surface area contributed by atoms with E-state index in [1.807, 2.05) is 0 Å². The second-order valence-corrected chi connectivity index (χ2v) is 4.64. The number of aryl methyl sites for hydroxylation is 1. The highest BCUT2D eigenvalue weighted by Gasteiger charge is 2.36. The molecule has 0 aliphatic heterocycles. The van der Waals surface area contributed by atoms with Gasteiger partial charge in [0.2, 0.25) is 0 Å². The summed E-state index contributed by atoms with van der Waals surface area (Å²) in [4.78, 5) is 0. The van der Waals surface area contributed by atoms with Crippen molar-refractivity contribution in [3.05, 3.63) is 29.1 Å². The summed E-state index contributed by atoms with van der Waals surface area (Å²) in [7, 11) is 1.56. The minimum absolute atomic E-state index is 0.205. The smallest absolute Gasteiger partial charge is 0.134 e. The number of rotatable bonds is 2. The molecule has 0 atom stereocenters. The Balaban J connectivity index is 2.56. The van der Waals surface area contributed by atoms with Gasteiger partial charge in [0, 0.05) is 11.1 Å². The number of ether oxygens (including phenoxy) is 1. The molecule has 0 spiro atoms. The van der Waals surface area contributed by atoms with Crippen LogP contribution >= 0.6 is 0 Å². The lowest BCUT2D eigenvalue weighted by molar-refractivity contribution is 0.364. The first-order valence-corrected chi connectivity index (χ1v) is 5.71. The van der Waals surface area contributed by atoms with Crippen LogP contribution in [-0.2, 0) is 5.54 Å². The number of benzene rings is 1. The highest BCUT2D eigenvalue weighted by Crippen LogP contribution is 2.42. The van der Waals surface area contributed by atoms with E-state index in [2.05, 4.69) is 0 Å². The van der Waals surface area contributed by atoms with Crippen molar-refractivity contribution in [2.24, 2.45) is 5.73 Å². The van der Waals surface area contributed by atoms with Gasteiger partial charge in [-0.15, -0.1) is 0 Å². The molecule has 2 nitrogen and oxygen atoms in total. The Morgan fingerprint density at radius 3 is 2.50 bits per heavy atom. The normalized spacial score (nSPS) is 18.8. The van der Waals surface area contributed by atoms with Gasteiger partial charge in [-0.25, -0.2) is 4.39 Å². The first-order valence-electron chi connectivity index (χ1n) is 5.71. The largest absolute Gasteiger partial charge is 0.496 e. The monoisotopic (exact) mass is 223 g/mol. The molecule has 16 heavy (non-hydrogen) atoms. The minimum atomic E-state index is -0.540. The summed E-state index contributed by atoms with van der Waals surface area (Å²) in [6.07, 6.45) is 3.80. The molecule has 1 saturated carbocycles. The summed E-state index contributed by atoms with van der Waals surface area (Å²) in [5.74, 6) is 0.372. The molecule has 1 aromatic rings. The maximum Gasteiger partial charge on any atom is 0.134 e. The summed E-state index contributed by atoms with van der Waals surface area (Å²) in [5, 5.41) is 0. The van der Waals surface area contributed by atoms with Gasteiger partial charge in [-0.2, -0.15) is 0 Å². The zero-order chi connectivity index (χ0) is 11.8. The second kappa shape index (κ2) is 4.06. The van der Waals surface area contributed by atoms with Crippen molar-refractivity contribution in [3.63, 3.8) is 0 Å². The Morgan fingerprint density at radius 1 is 1.31 bits per heavy atom. The van der Waals surface area contributed by atoms with Crippen LogP contribution < -0.4 is 10.5 Å². The van der Waals surface area contributed by atoms with Crippen LogP contribution in [0, 0.1) is 12.7 Å². The molecule has 1 aromatic carbocycles. The number of hydrogen-bond donors (Lipinski definition) is 1. The number of hydrogen-bond acceptors (Lipinski definition) is 2. The van der Waals surface area contributed by atoms with Crippen molar-refractivity contribution >= 4 is 0 Å². The Hall–Kier alpha value is -1.09. The summed E-state index contributed by atoms with van der Waals surface area (Å²) >= 11 is 0. The van der Waals surface area contributed by atoms with E-state index < -0.39 is 5.54 Å². The lowest BCUT2D eigenvalue weighted by Crippen LogP contribution is -2.35. The van der Waals surface area contributed by atoms with E-state index in [-0.39, 0.29) is 5.82 Å². The zero-order valence-electron chi connectivity index (χ0n) is 9.85. The molecular weight excluding hydrogens is 205 g/mol. The molecule has 3 heteroatoms. The van der Waals surface area contributed by atoms with Gasteiger partial charge in [0.15, 0.2) is 0 Å². The predicted molar refractivity (Wildman–Crippen MR) is 62.0 cm³/mol. The fraction of sp³-hybridized carbons (Fsp3) is 0.538. The first kappa shape index (κ1) is 11.4. The molecule has 0 saturated heterocycles. The van der Waals surface area contributed by atoms with Crippen LogP contribution in [0.1, 0.15) is 36.8 Å². The standard InChI is InChI=1S/C13H18FNO/c1-9-5-6-10(16-2)11(12(9)14)13(15)7-3-4-8-13/h5-6H,3-4,7-8,15H2,1-2H3. The van der Waals surface area contributed by atoms with E-state index >= 15 is 0 Å². The average Bonchev–Trinajstić information content (AvgIpc) is 2.69. The summed E-state index contributed by atoms with van der Waals surface area (Å²) < 4.78 is 19.4. The van der Waals surface area contributed by atoms with Crippen molar-refractivity contribution in [1.82, 2.24) is 0 Å². The molecular formula is C13H18FNO. The maximum atomic E-state index is 14.2. The van der Waals surface area contributed by atoms with E-state index in [9.17, 15) is 4.39 Å². The predicted octanol–water partition coefficient (Wildman–Crippen LogP) is 2.87. The van der Waals surface area contributed by atoms with Gasteiger partial charge < -0.3 is 10.5 Å². The Bertz CT molecular complexity index is 397. The number of nitrogens with two attached hydrogens (primary N) is 1. The fourth-order valence-corrected chi connectivity index (χ4v) is 2.55. The summed E-state index contributed by atoms with van der Waals surface area (Å²) in [5.41, 5.74) is 6.96. The molecule has 0 bridgehead atoms. The Morgan fingerprint density at radius 2 is 1.94 bits per heavy atom. The zero-order valence-corrected chi connectivity index (χ0v) is 9.85. The van der Waals surface area contributed by atoms with Gasteiger partial charge in [0.05, 0.1) is 7.11 Å². The summed E-state index contributed by atoms with van der Waals surface area (Å²) in [6, 6.07) is 3.54. The first-order chi connectivity index (χ1) is 7.58.